The molecule has 0 saturated carbocycles. The van der Waals surface area contributed by atoms with Gasteiger partial charge in [-0.15, -0.1) is 0 Å². The molecule has 0 radical (unpaired) electrons. The van der Waals surface area contributed by atoms with Crippen LogP contribution in [0, 0.1) is 0 Å². The van der Waals surface area contributed by atoms with Crippen molar-refractivity contribution in [3.63, 3.8) is 0 Å². The molecule has 24 heavy (non-hydrogen) atoms. The highest BCUT2D eigenvalue weighted by atomic mass is 35.5. The Hall–Kier alpha value is -0.900. The number of carbonyl (C=O) groups is 1. The van der Waals surface area contributed by atoms with Gasteiger partial charge in [0.1, 0.15) is 12.6 Å². The van der Waals surface area contributed by atoms with Crippen LogP contribution in [0.5, 0.6) is 0 Å². The summed E-state index contributed by atoms with van der Waals surface area (Å²) < 4.78 is 36.2. The second-order valence-corrected chi connectivity index (χ2v) is 7.92. The number of β-amino-alcohol motifs (C(OH)–C–C–N with tert-alkyl or cyclic N) is 1. The van der Waals surface area contributed by atoms with Crippen molar-refractivity contribution in [1.82, 2.24) is 4.31 Å². The fourth-order valence-electron chi connectivity index (χ4n) is 2.36. The highest BCUT2D eigenvalue weighted by molar-refractivity contribution is 7.89. The minimum atomic E-state index is -4.04. The third-order valence-corrected chi connectivity index (χ3v) is 6.14. The van der Waals surface area contributed by atoms with E-state index in [0.29, 0.717) is 0 Å². The van der Waals surface area contributed by atoms with Gasteiger partial charge in [-0.2, -0.15) is 4.31 Å². The summed E-state index contributed by atoms with van der Waals surface area (Å²) >= 11 is 11.7. The molecule has 2 atom stereocenters. The van der Waals surface area contributed by atoms with E-state index < -0.39 is 28.1 Å². The largest absolute Gasteiger partial charge is 0.462 e. The zero-order valence-corrected chi connectivity index (χ0v) is 15.1. The lowest BCUT2D eigenvalue weighted by atomic mass is 10.2. The lowest BCUT2D eigenvalue weighted by Crippen LogP contribution is -2.41. The van der Waals surface area contributed by atoms with Crippen LogP contribution in [-0.2, 0) is 24.3 Å². The average molecular weight is 398 g/mol. The first-order chi connectivity index (χ1) is 11.3. The van der Waals surface area contributed by atoms with Gasteiger partial charge in [-0.05, 0) is 18.2 Å². The van der Waals surface area contributed by atoms with Crippen LogP contribution < -0.4 is 0 Å². The van der Waals surface area contributed by atoms with E-state index in [9.17, 15) is 18.3 Å². The minimum Gasteiger partial charge on any atom is -0.462 e. The summed E-state index contributed by atoms with van der Waals surface area (Å²) in [4.78, 5) is 12.0. The summed E-state index contributed by atoms with van der Waals surface area (Å²) in [5, 5.41) is 10.1. The van der Waals surface area contributed by atoms with E-state index in [2.05, 4.69) is 0 Å². The number of rotatable bonds is 6. The average Bonchev–Trinajstić information content (AvgIpc) is 2.93. The third-order valence-electron chi connectivity index (χ3n) is 3.54. The minimum absolute atomic E-state index is 0.00257. The fraction of sp³-hybridized carbons (Fsp3) is 0.500. The topological polar surface area (TPSA) is 93.1 Å². The fourth-order valence-corrected chi connectivity index (χ4v) is 4.37. The summed E-state index contributed by atoms with van der Waals surface area (Å²) in [6.45, 7) is -0.00420. The molecule has 0 spiro atoms. The Bertz CT molecular complexity index is 711. The standard InChI is InChI=1S/C14H17Cl2NO6S/c1-22-4-5-23-14(19)13-6-9(18)8-17(13)24(20,21)10-2-3-11(15)12(16)7-10/h2-3,7,9,13,18H,4-6,8H2,1H3/t9-,13-/m0/s1. The number of nitrogens with zero attached hydrogens (tertiary/aromatic N) is 1. The second-order valence-electron chi connectivity index (χ2n) is 5.22. The summed E-state index contributed by atoms with van der Waals surface area (Å²) in [5.74, 6) is -0.729. The molecule has 1 aromatic carbocycles. The Labute approximate surface area is 150 Å². The van der Waals surface area contributed by atoms with Crippen molar-refractivity contribution in [3.8, 4) is 0 Å². The van der Waals surface area contributed by atoms with E-state index in [1.807, 2.05) is 0 Å². The normalized spacial score (nSPS) is 21.8. The lowest BCUT2D eigenvalue weighted by molar-refractivity contribution is -0.148. The third kappa shape index (κ3) is 4.19. The molecule has 0 aromatic heterocycles. The zero-order valence-electron chi connectivity index (χ0n) is 12.8. The molecule has 10 heteroatoms. The number of carbonyl (C=O) groups excluding carboxylic acids is 1. The first-order valence-electron chi connectivity index (χ1n) is 7.08. The molecule has 0 unspecified atom stereocenters. The Morgan fingerprint density at radius 2 is 2.04 bits per heavy atom. The quantitative estimate of drug-likeness (QED) is 0.574. The molecule has 134 valence electrons. The van der Waals surface area contributed by atoms with Gasteiger partial charge in [0.15, 0.2) is 0 Å². The summed E-state index contributed by atoms with van der Waals surface area (Å²) in [6.07, 6.45) is -0.991. The van der Waals surface area contributed by atoms with Gasteiger partial charge >= 0.3 is 5.97 Å². The van der Waals surface area contributed by atoms with Crippen LogP contribution in [-0.4, -0.2) is 62.8 Å². The molecule has 1 fully saturated rings. The van der Waals surface area contributed by atoms with Crippen molar-refractivity contribution in [1.29, 1.82) is 0 Å². The van der Waals surface area contributed by atoms with E-state index in [1.165, 1.54) is 25.3 Å². The van der Waals surface area contributed by atoms with Crippen LogP contribution >= 0.6 is 23.2 Å². The number of ether oxygens (including phenoxy) is 2. The van der Waals surface area contributed by atoms with Crippen molar-refractivity contribution in [3.05, 3.63) is 28.2 Å². The van der Waals surface area contributed by atoms with E-state index in [1.54, 1.807) is 0 Å². The van der Waals surface area contributed by atoms with Crippen LogP contribution in [0.2, 0.25) is 10.0 Å². The molecule has 1 N–H and O–H groups in total. The van der Waals surface area contributed by atoms with Crippen molar-refractivity contribution in [2.45, 2.75) is 23.5 Å². The van der Waals surface area contributed by atoms with Gasteiger partial charge in [-0.25, -0.2) is 8.42 Å². The Morgan fingerprint density at radius 1 is 1.33 bits per heavy atom. The molecule has 1 aliphatic rings. The number of sulfonamides is 1. The van der Waals surface area contributed by atoms with Crippen molar-refractivity contribution >= 4 is 39.2 Å². The molecule has 7 nitrogen and oxygen atoms in total. The van der Waals surface area contributed by atoms with Crippen LogP contribution in [0.15, 0.2) is 23.1 Å². The molecule has 1 aromatic rings. The smallest absolute Gasteiger partial charge is 0.324 e. The van der Waals surface area contributed by atoms with Gasteiger partial charge in [0.2, 0.25) is 10.0 Å². The highest BCUT2D eigenvalue weighted by Gasteiger charge is 2.44. The van der Waals surface area contributed by atoms with Gasteiger partial charge in [-0.1, -0.05) is 23.2 Å². The number of aliphatic hydroxyl groups is 1. The van der Waals surface area contributed by atoms with E-state index in [4.69, 9.17) is 32.7 Å². The molecule has 0 bridgehead atoms. The number of esters is 1. The monoisotopic (exact) mass is 397 g/mol. The van der Waals surface area contributed by atoms with Crippen LogP contribution in [0.25, 0.3) is 0 Å². The van der Waals surface area contributed by atoms with Crippen LogP contribution in [0.4, 0.5) is 0 Å². The van der Waals surface area contributed by atoms with Gasteiger partial charge in [-0.3, -0.25) is 4.79 Å². The van der Waals surface area contributed by atoms with Crippen molar-refractivity contribution in [2.75, 3.05) is 26.9 Å². The predicted octanol–water partition coefficient (Wildman–Crippen LogP) is 1.31. The summed E-state index contributed by atoms with van der Waals surface area (Å²) in [6, 6.07) is 2.75. The van der Waals surface area contributed by atoms with Crippen molar-refractivity contribution < 1.29 is 27.8 Å². The number of methoxy groups -OCH3 is 1. The van der Waals surface area contributed by atoms with Gasteiger partial charge in [0.05, 0.1) is 27.7 Å². The molecule has 1 heterocycles. The molecule has 0 aliphatic carbocycles. The highest BCUT2D eigenvalue weighted by Crippen LogP contribution is 2.30. The van der Waals surface area contributed by atoms with E-state index >= 15 is 0 Å². The maximum atomic E-state index is 12.8. The second kappa shape index (κ2) is 7.99. The Balaban J connectivity index is 2.25. The van der Waals surface area contributed by atoms with E-state index in [-0.39, 0.29) is 41.1 Å². The predicted molar refractivity (Wildman–Crippen MR) is 87.6 cm³/mol. The molecule has 1 saturated heterocycles. The summed E-state index contributed by atoms with van der Waals surface area (Å²) in [5.41, 5.74) is 0. The number of halogens is 2. The zero-order chi connectivity index (χ0) is 17.9. The number of hydrogen-bond donors (Lipinski definition) is 1. The lowest BCUT2D eigenvalue weighted by Gasteiger charge is -2.22. The van der Waals surface area contributed by atoms with Gasteiger partial charge < -0.3 is 14.6 Å². The first-order valence-corrected chi connectivity index (χ1v) is 9.27. The SMILES string of the molecule is COCCOC(=O)[C@@H]1C[C@H](O)CN1S(=O)(=O)c1ccc(Cl)c(Cl)c1. The Morgan fingerprint density at radius 3 is 2.67 bits per heavy atom. The molecule has 1 aliphatic heterocycles. The Kier molecular flexibility index (Phi) is 6.46. The van der Waals surface area contributed by atoms with Gasteiger partial charge in [0, 0.05) is 20.1 Å². The maximum absolute atomic E-state index is 12.8. The van der Waals surface area contributed by atoms with Gasteiger partial charge in [0.25, 0.3) is 0 Å². The van der Waals surface area contributed by atoms with Crippen LogP contribution in [0.1, 0.15) is 6.42 Å². The number of benzene rings is 1. The molecule has 2 rings (SSSR count). The van der Waals surface area contributed by atoms with E-state index in [0.717, 1.165) is 4.31 Å². The molecular formula is C14H17Cl2NO6S. The molecule has 0 amide bonds. The maximum Gasteiger partial charge on any atom is 0.324 e. The first kappa shape index (κ1) is 19.4. The number of hydrogen-bond acceptors (Lipinski definition) is 6. The number of aliphatic hydroxyl groups excluding tert-OH is 1. The molecular weight excluding hydrogens is 381 g/mol. The van der Waals surface area contributed by atoms with Crippen molar-refractivity contribution in [2.24, 2.45) is 0 Å². The van der Waals surface area contributed by atoms with Crippen LogP contribution in [0.3, 0.4) is 0 Å². The summed E-state index contributed by atoms with van der Waals surface area (Å²) in [7, 11) is -2.58.